The largest absolute Gasteiger partial charge is 0.466 e. The number of nitrogens with one attached hydrogen (secondary N) is 1. The summed E-state index contributed by atoms with van der Waals surface area (Å²) in [6.45, 7) is 11.8. The number of hydrogen-bond donors (Lipinski definition) is 1. The predicted octanol–water partition coefficient (Wildman–Crippen LogP) is 4.24. The van der Waals surface area contributed by atoms with E-state index >= 15 is 0 Å². The molecule has 0 atom stereocenters. The van der Waals surface area contributed by atoms with Crippen molar-refractivity contribution in [3.05, 3.63) is 35.4 Å². The molecule has 1 N–H and O–H groups in total. The molecule has 3 heteroatoms. The number of ether oxygens (including phenoxy) is 1. The highest BCUT2D eigenvalue weighted by Crippen LogP contribution is 2.28. The Bertz CT molecular complexity index is 510. The lowest BCUT2D eigenvalue weighted by atomic mass is 9.86. The van der Waals surface area contributed by atoms with Crippen LogP contribution in [0.15, 0.2) is 24.3 Å². The number of carbonyl (C=O) groups is 1. The maximum Gasteiger partial charge on any atom is 0.330 e. The van der Waals surface area contributed by atoms with Crippen molar-refractivity contribution < 1.29 is 9.53 Å². The molecule has 0 aromatic heterocycles. The van der Waals surface area contributed by atoms with E-state index in [9.17, 15) is 4.79 Å². The zero-order valence-electron chi connectivity index (χ0n) is 14.0. The first-order valence-electron chi connectivity index (χ1n) is 7.38. The van der Waals surface area contributed by atoms with Crippen LogP contribution in [0.3, 0.4) is 0 Å². The average molecular weight is 289 g/mol. The monoisotopic (exact) mass is 289 g/mol. The molecule has 0 heterocycles. The lowest BCUT2D eigenvalue weighted by Gasteiger charge is -2.21. The van der Waals surface area contributed by atoms with Crippen LogP contribution in [0.1, 0.15) is 45.7 Å². The van der Waals surface area contributed by atoms with Gasteiger partial charge >= 0.3 is 5.97 Å². The minimum absolute atomic E-state index is 0.0961. The van der Waals surface area contributed by atoms with Crippen molar-refractivity contribution in [1.82, 2.24) is 0 Å². The fraction of sp³-hybridized carbons (Fsp3) is 0.500. The Morgan fingerprint density at radius 2 is 2.00 bits per heavy atom. The van der Waals surface area contributed by atoms with Crippen LogP contribution in [0.4, 0.5) is 5.69 Å². The van der Waals surface area contributed by atoms with Gasteiger partial charge in [-0.1, -0.05) is 46.8 Å². The molecule has 116 valence electrons. The fourth-order valence-electron chi connectivity index (χ4n) is 1.86. The molecule has 3 nitrogen and oxygen atoms in total. The fourth-order valence-corrected chi connectivity index (χ4v) is 1.86. The second kappa shape index (κ2) is 7.30. The molecule has 0 radical (unpaired) electrons. The minimum Gasteiger partial charge on any atom is -0.466 e. The van der Waals surface area contributed by atoms with Gasteiger partial charge in [-0.05, 0) is 34.6 Å². The molecule has 0 aliphatic heterocycles. The van der Waals surface area contributed by atoms with Gasteiger partial charge in [-0.2, -0.15) is 0 Å². The molecule has 1 aromatic carbocycles. The first-order valence-corrected chi connectivity index (χ1v) is 7.38. The normalized spacial score (nSPS) is 12.0. The summed E-state index contributed by atoms with van der Waals surface area (Å²) in [6, 6.07) is 6.32. The highest BCUT2D eigenvalue weighted by Gasteiger charge is 2.15. The van der Waals surface area contributed by atoms with Crippen LogP contribution in [0.5, 0.6) is 0 Å². The third kappa shape index (κ3) is 5.62. The van der Waals surface area contributed by atoms with Gasteiger partial charge in [0.25, 0.3) is 0 Å². The molecule has 0 amide bonds. The lowest BCUT2D eigenvalue weighted by molar-refractivity contribution is -0.134. The molecule has 1 rings (SSSR count). The van der Waals surface area contributed by atoms with Crippen LogP contribution >= 0.6 is 0 Å². The number of methoxy groups -OCH3 is 1. The van der Waals surface area contributed by atoms with Crippen LogP contribution in [0.2, 0.25) is 0 Å². The molecule has 1 aromatic rings. The summed E-state index contributed by atoms with van der Waals surface area (Å²) >= 11 is 0. The summed E-state index contributed by atoms with van der Waals surface area (Å²) < 4.78 is 4.64. The van der Waals surface area contributed by atoms with Crippen LogP contribution in [-0.2, 0) is 14.9 Å². The molecule has 0 spiro atoms. The molecule has 0 bridgehead atoms. The van der Waals surface area contributed by atoms with Crippen LogP contribution in [0.25, 0.3) is 6.08 Å². The Kier molecular flexibility index (Phi) is 6.01. The van der Waals surface area contributed by atoms with Crippen molar-refractivity contribution in [2.45, 2.75) is 40.0 Å². The van der Waals surface area contributed by atoms with Crippen LogP contribution < -0.4 is 5.32 Å². The van der Waals surface area contributed by atoms with E-state index in [1.54, 1.807) is 6.08 Å². The molecular formula is C18H27NO2. The zero-order chi connectivity index (χ0) is 16.0. The minimum atomic E-state index is -0.343. The van der Waals surface area contributed by atoms with E-state index in [0.29, 0.717) is 5.92 Å². The van der Waals surface area contributed by atoms with E-state index in [1.807, 2.05) is 6.07 Å². The van der Waals surface area contributed by atoms with E-state index in [0.717, 1.165) is 17.8 Å². The summed E-state index contributed by atoms with van der Waals surface area (Å²) in [5, 5.41) is 3.46. The summed E-state index contributed by atoms with van der Waals surface area (Å²) in [5.41, 5.74) is 3.41. The van der Waals surface area contributed by atoms with E-state index < -0.39 is 0 Å². The Morgan fingerprint density at radius 3 is 2.52 bits per heavy atom. The Hall–Kier alpha value is -1.77. The molecule has 0 saturated heterocycles. The maximum absolute atomic E-state index is 11.3. The number of esters is 1. The maximum atomic E-state index is 11.3. The molecule has 0 saturated carbocycles. The quantitative estimate of drug-likeness (QED) is 0.651. The third-order valence-electron chi connectivity index (χ3n) is 3.22. The van der Waals surface area contributed by atoms with Gasteiger partial charge in [0.05, 0.1) is 7.11 Å². The number of hydrogen-bond acceptors (Lipinski definition) is 3. The third-order valence-corrected chi connectivity index (χ3v) is 3.22. The van der Waals surface area contributed by atoms with E-state index in [1.165, 1.54) is 18.7 Å². The predicted molar refractivity (Wildman–Crippen MR) is 89.5 cm³/mol. The molecule has 0 unspecified atom stereocenters. The van der Waals surface area contributed by atoms with Crippen molar-refractivity contribution in [3.8, 4) is 0 Å². The van der Waals surface area contributed by atoms with Crippen molar-refractivity contribution in [2.75, 3.05) is 19.0 Å². The van der Waals surface area contributed by atoms with Gasteiger partial charge in [-0.3, -0.25) is 0 Å². The SMILES string of the molecule is COC(=O)/C=C/c1ccc(C(C)(C)C)cc1NCC(C)C. The summed E-state index contributed by atoms with van der Waals surface area (Å²) in [5.74, 6) is 0.213. The molecule has 0 aliphatic rings. The zero-order valence-corrected chi connectivity index (χ0v) is 14.0. The Morgan fingerprint density at radius 1 is 1.33 bits per heavy atom. The smallest absolute Gasteiger partial charge is 0.330 e. The number of rotatable bonds is 5. The van der Waals surface area contributed by atoms with Gasteiger partial charge < -0.3 is 10.1 Å². The highest BCUT2D eigenvalue weighted by atomic mass is 16.5. The molecule has 21 heavy (non-hydrogen) atoms. The molecule has 0 fully saturated rings. The van der Waals surface area contributed by atoms with Gasteiger partial charge in [-0.15, -0.1) is 0 Å². The molecule has 0 aliphatic carbocycles. The lowest BCUT2D eigenvalue weighted by Crippen LogP contribution is -2.14. The average Bonchev–Trinajstić information content (AvgIpc) is 2.41. The second-order valence-electron chi connectivity index (χ2n) is 6.68. The number of anilines is 1. The molecular weight excluding hydrogens is 262 g/mol. The first kappa shape index (κ1) is 17.3. The standard InChI is InChI=1S/C18H27NO2/c1-13(2)12-19-16-11-15(18(3,4)5)9-7-14(16)8-10-17(20)21-6/h7-11,13,19H,12H2,1-6H3/b10-8+. The van der Waals surface area contributed by atoms with Gasteiger partial charge in [0.2, 0.25) is 0 Å². The van der Waals surface area contributed by atoms with Crippen molar-refractivity contribution in [1.29, 1.82) is 0 Å². The number of carbonyl (C=O) groups excluding carboxylic acids is 1. The van der Waals surface area contributed by atoms with Gasteiger partial charge in [0, 0.05) is 18.3 Å². The van der Waals surface area contributed by atoms with Crippen LogP contribution in [-0.4, -0.2) is 19.6 Å². The summed E-state index contributed by atoms with van der Waals surface area (Å²) in [7, 11) is 1.38. The van der Waals surface area contributed by atoms with Gasteiger partial charge in [0.15, 0.2) is 0 Å². The van der Waals surface area contributed by atoms with E-state index in [-0.39, 0.29) is 11.4 Å². The van der Waals surface area contributed by atoms with Gasteiger partial charge in [-0.25, -0.2) is 4.79 Å². The van der Waals surface area contributed by atoms with Gasteiger partial charge in [0.1, 0.15) is 0 Å². The van der Waals surface area contributed by atoms with E-state index in [4.69, 9.17) is 0 Å². The Labute approximate surface area is 128 Å². The second-order valence-corrected chi connectivity index (χ2v) is 6.68. The first-order chi connectivity index (χ1) is 9.74. The highest BCUT2D eigenvalue weighted by molar-refractivity contribution is 5.88. The van der Waals surface area contributed by atoms with E-state index in [2.05, 4.69) is 56.8 Å². The summed E-state index contributed by atoms with van der Waals surface area (Å²) in [4.78, 5) is 11.3. The van der Waals surface area contributed by atoms with Crippen molar-refractivity contribution in [3.63, 3.8) is 0 Å². The Balaban J connectivity index is 3.10. The van der Waals surface area contributed by atoms with Crippen LogP contribution in [0, 0.1) is 5.92 Å². The topological polar surface area (TPSA) is 38.3 Å². The van der Waals surface area contributed by atoms with Crippen molar-refractivity contribution >= 4 is 17.7 Å². The van der Waals surface area contributed by atoms with Crippen molar-refractivity contribution in [2.24, 2.45) is 5.92 Å². The number of benzene rings is 1. The summed E-state index contributed by atoms with van der Waals surface area (Å²) in [6.07, 6.45) is 3.24.